The molecule has 0 radical (unpaired) electrons. The van der Waals surface area contributed by atoms with Crippen molar-refractivity contribution in [2.75, 3.05) is 18.0 Å². The van der Waals surface area contributed by atoms with Crippen LogP contribution in [0.3, 0.4) is 0 Å². The zero-order valence-electron chi connectivity index (χ0n) is 14.9. The van der Waals surface area contributed by atoms with Crippen molar-refractivity contribution in [1.29, 1.82) is 0 Å². The average Bonchev–Trinajstić information content (AvgIpc) is 2.71. The fourth-order valence-electron chi connectivity index (χ4n) is 3.86. The minimum atomic E-state index is 0.705. The largest absolute Gasteiger partial charge is 0.371 e. The molecule has 0 unspecified atom stereocenters. The van der Waals surface area contributed by atoms with E-state index >= 15 is 0 Å². The maximum atomic E-state index is 5.97. The van der Waals surface area contributed by atoms with Crippen molar-refractivity contribution < 1.29 is 0 Å². The minimum absolute atomic E-state index is 0.705. The van der Waals surface area contributed by atoms with Gasteiger partial charge in [0.05, 0.1) is 0 Å². The van der Waals surface area contributed by atoms with Crippen LogP contribution in [0.1, 0.15) is 35.4 Å². The molecule has 1 nitrogen and oxygen atoms in total. The van der Waals surface area contributed by atoms with E-state index in [1.54, 1.807) is 0 Å². The lowest BCUT2D eigenvalue weighted by molar-refractivity contribution is 0.505. The Hall–Kier alpha value is -2.25. The number of anilines is 1. The van der Waals surface area contributed by atoms with Crippen LogP contribution in [0.15, 0.2) is 78.9 Å². The predicted molar refractivity (Wildman–Crippen MR) is 111 cm³/mol. The molecule has 1 aliphatic heterocycles. The van der Waals surface area contributed by atoms with Crippen LogP contribution in [0.2, 0.25) is 5.02 Å². The van der Waals surface area contributed by atoms with E-state index in [9.17, 15) is 0 Å². The van der Waals surface area contributed by atoms with E-state index in [-0.39, 0.29) is 0 Å². The van der Waals surface area contributed by atoms with Gasteiger partial charge in [-0.25, -0.2) is 0 Å². The average molecular weight is 362 g/mol. The predicted octanol–water partition coefficient (Wildman–Crippen LogP) is 6.31. The quantitative estimate of drug-likeness (QED) is 0.526. The molecule has 1 saturated heterocycles. The molecule has 1 fully saturated rings. The first-order valence-electron chi connectivity index (χ1n) is 9.41. The molecular formula is C24H24ClN. The molecule has 1 aliphatic rings. The van der Waals surface area contributed by atoms with E-state index < -0.39 is 0 Å². The lowest BCUT2D eigenvalue weighted by Gasteiger charge is -2.34. The summed E-state index contributed by atoms with van der Waals surface area (Å²) < 4.78 is 0. The zero-order chi connectivity index (χ0) is 17.8. The molecular weight excluding hydrogens is 338 g/mol. The van der Waals surface area contributed by atoms with Gasteiger partial charge in [-0.1, -0.05) is 66.2 Å². The first-order valence-corrected chi connectivity index (χ1v) is 9.79. The van der Waals surface area contributed by atoms with Crippen LogP contribution in [0.4, 0.5) is 5.69 Å². The summed E-state index contributed by atoms with van der Waals surface area (Å²) in [5.41, 5.74) is 5.47. The fraction of sp³-hybridized carbons (Fsp3) is 0.250. The molecule has 2 heteroatoms. The summed E-state index contributed by atoms with van der Waals surface area (Å²) in [6, 6.07) is 28.1. The van der Waals surface area contributed by atoms with Gasteiger partial charge in [0.15, 0.2) is 0 Å². The van der Waals surface area contributed by atoms with E-state index in [0.29, 0.717) is 5.92 Å². The summed E-state index contributed by atoms with van der Waals surface area (Å²) in [5, 5.41) is 0.794. The topological polar surface area (TPSA) is 3.24 Å². The molecule has 0 saturated carbocycles. The highest BCUT2D eigenvalue weighted by molar-refractivity contribution is 6.30. The van der Waals surface area contributed by atoms with Gasteiger partial charge in [-0.05, 0) is 66.1 Å². The van der Waals surface area contributed by atoms with Gasteiger partial charge in [0.25, 0.3) is 0 Å². The summed E-state index contributed by atoms with van der Waals surface area (Å²) in [6.07, 6.45) is 3.42. The van der Waals surface area contributed by atoms with Gasteiger partial charge < -0.3 is 4.90 Å². The third-order valence-electron chi connectivity index (χ3n) is 5.39. The number of hydrogen-bond acceptors (Lipinski definition) is 1. The van der Waals surface area contributed by atoms with Crippen LogP contribution in [0.5, 0.6) is 0 Å². The number of hydrogen-bond donors (Lipinski definition) is 0. The molecule has 3 aromatic rings. The second-order valence-corrected chi connectivity index (χ2v) is 7.58. The fourth-order valence-corrected chi connectivity index (χ4v) is 3.98. The zero-order valence-corrected chi connectivity index (χ0v) is 15.7. The first-order chi connectivity index (χ1) is 12.8. The van der Waals surface area contributed by atoms with Gasteiger partial charge in [-0.2, -0.15) is 0 Å². The van der Waals surface area contributed by atoms with Crippen LogP contribution in [0.25, 0.3) is 0 Å². The van der Waals surface area contributed by atoms with Gasteiger partial charge in [0.1, 0.15) is 0 Å². The van der Waals surface area contributed by atoms with Gasteiger partial charge in [-0.15, -0.1) is 0 Å². The van der Waals surface area contributed by atoms with Crippen LogP contribution in [-0.4, -0.2) is 13.1 Å². The maximum absolute atomic E-state index is 5.97. The van der Waals surface area contributed by atoms with Crippen LogP contribution in [-0.2, 0) is 6.42 Å². The Morgan fingerprint density at radius 2 is 1.31 bits per heavy atom. The van der Waals surface area contributed by atoms with E-state index in [2.05, 4.69) is 71.6 Å². The molecule has 1 heterocycles. The van der Waals surface area contributed by atoms with Crippen molar-refractivity contribution in [2.45, 2.75) is 25.2 Å². The highest BCUT2D eigenvalue weighted by Crippen LogP contribution is 2.30. The maximum Gasteiger partial charge on any atom is 0.0406 e. The normalized spacial score (nSPS) is 15.2. The first kappa shape index (κ1) is 17.2. The van der Waals surface area contributed by atoms with Crippen molar-refractivity contribution in [3.8, 4) is 0 Å². The van der Waals surface area contributed by atoms with Gasteiger partial charge >= 0.3 is 0 Å². The Morgan fingerprint density at radius 1 is 0.731 bits per heavy atom. The van der Waals surface area contributed by atoms with Crippen molar-refractivity contribution in [3.63, 3.8) is 0 Å². The summed E-state index contributed by atoms with van der Waals surface area (Å²) in [7, 11) is 0. The van der Waals surface area contributed by atoms with Crippen molar-refractivity contribution in [3.05, 3.63) is 101 Å². The Kier molecular flexibility index (Phi) is 5.26. The standard InChI is InChI=1S/C24H24ClN/c25-23-10-6-19(7-11-23)18-20-8-12-24(13-9-20)26-16-14-22(15-17-26)21-4-2-1-3-5-21/h1-13,22H,14-18H2. The lowest BCUT2D eigenvalue weighted by Crippen LogP contribution is -2.32. The molecule has 0 atom stereocenters. The van der Waals surface area contributed by atoms with Crippen molar-refractivity contribution >= 4 is 17.3 Å². The smallest absolute Gasteiger partial charge is 0.0406 e. The monoisotopic (exact) mass is 361 g/mol. The second-order valence-electron chi connectivity index (χ2n) is 7.14. The van der Waals surface area contributed by atoms with Crippen molar-refractivity contribution in [1.82, 2.24) is 0 Å². The molecule has 26 heavy (non-hydrogen) atoms. The van der Waals surface area contributed by atoms with E-state index in [1.165, 1.54) is 35.2 Å². The highest BCUT2D eigenvalue weighted by atomic mass is 35.5. The Balaban J connectivity index is 1.36. The number of halogens is 1. The molecule has 3 aromatic carbocycles. The van der Waals surface area contributed by atoms with Gasteiger partial charge in [0.2, 0.25) is 0 Å². The number of piperidine rings is 1. The second kappa shape index (κ2) is 7.97. The Morgan fingerprint density at radius 3 is 1.92 bits per heavy atom. The summed E-state index contributed by atoms with van der Waals surface area (Å²) in [5.74, 6) is 0.705. The lowest BCUT2D eigenvalue weighted by atomic mass is 9.89. The number of nitrogens with zero attached hydrogens (tertiary/aromatic N) is 1. The molecule has 0 aliphatic carbocycles. The summed E-state index contributed by atoms with van der Waals surface area (Å²) in [6.45, 7) is 2.27. The molecule has 4 rings (SSSR count). The van der Waals surface area contributed by atoms with Crippen LogP contribution >= 0.6 is 11.6 Å². The molecule has 132 valence electrons. The molecule has 0 N–H and O–H groups in total. The number of rotatable bonds is 4. The SMILES string of the molecule is Clc1ccc(Cc2ccc(N3CCC(c4ccccc4)CC3)cc2)cc1. The Labute approximate surface area is 161 Å². The molecule has 0 amide bonds. The van der Waals surface area contributed by atoms with Crippen LogP contribution < -0.4 is 4.90 Å². The summed E-state index contributed by atoms with van der Waals surface area (Å²) in [4.78, 5) is 2.52. The van der Waals surface area contributed by atoms with Gasteiger partial charge in [0, 0.05) is 23.8 Å². The molecule has 0 aromatic heterocycles. The van der Waals surface area contributed by atoms with Gasteiger partial charge in [-0.3, -0.25) is 0 Å². The van der Waals surface area contributed by atoms with Crippen molar-refractivity contribution in [2.24, 2.45) is 0 Å². The van der Waals surface area contributed by atoms with E-state index in [1.807, 2.05) is 12.1 Å². The third-order valence-corrected chi connectivity index (χ3v) is 5.64. The summed E-state index contributed by atoms with van der Waals surface area (Å²) >= 11 is 5.97. The number of benzene rings is 3. The molecule has 0 bridgehead atoms. The molecule has 0 spiro atoms. The van der Waals surface area contributed by atoms with E-state index in [4.69, 9.17) is 11.6 Å². The Bertz CT molecular complexity index is 816. The van der Waals surface area contributed by atoms with Crippen LogP contribution in [0, 0.1) is 0 Å². The minimum Gasteiger partial charge on any atom is -0.371 e. The highest BCUT2D eigenvalue weighted by Gasteiger charge is 2.20. The third kappa shape index (κ3) is 4.11. The van der Waals surface area contributed by atoms with E-state index in [0.717, 1.165) is 24.5 Å².